The lowest BCUT2D eigenvalue weighted by molar-refractivity contribution is -0.134. The molecule has 1 aromatic rings. The van der Waals surface area contributed by atoms with E-state index in [-0.39, 0.29) is 12.5 Å². The lowest BCUT2D eigenvalue weighted by Crippen LogP contribution is -2.52. The molecule has 0 spiro atoms. The van der Waals surface area contributed by atoms with Gasteiger partial charge in [0.1, 0.15) is 0 Å². The van der Waals surface area contributed by atoms with Crippen LogP contribution in [0.25, 0.3) is 0 Å². The van der Waals surface area contributed by atoms with E-state index < -0.39 is 0 Å². The van der Waals surface area contributed by atoms with E-state index in [0.717, 1.165) is 32.5 Å². The third-order valence-corrected chi connectivity index (χ3v) is 4.53. The molecule has 1 aromatic carbocycles. The number of rotatable bonds is 6. The maximum absolute atomic E-state index is 12.1. The first-order valence-corrected chi connectivity index (χ1v) is 8.39. The number of likely N-dealkylation sites (tertiary alicyclic amines) is 1. The molecule has 4 nitrogen and oxygen atoms in total. The van der Waals surface area contributed by atoms with E-state index in [1.165, 1.54) is 12.0 Å². The molecule has 1 heterocycles. The van der Waals surface area contributed by atoms with Gasteiger partial charge in [-0.05, 0) is 38.7 Å². The smallest absolute Gasteiger partial charge is 0.236 e. The van der Waals surface area contributed by atoms with Crippen molar-refractivity contribution in [2.24, 2.45) is 5.73 Å². The van der Waals surface area contributed by atoms with E-state index in [1.54, 1.807) is 0 Å². The van der Waals surface area contributed by atoms with E-state index in [0.29, 0.717) is 12.1 Å². The molecule has 122 valence electrons. The molecule has 1 atom stereocenters. The summed E-state index contributed by atoms with van der Waals surface area (Å²) in [5.41, 5.74) is 6.90. The first-order valence-electron chi connectivity index (χ1n) is 8.39. The molecule has 2 rings (SSSR count). The van der Waals surface area contributed by atoms with Crippen LogP contribution in [0, 0.1) is 0 Å². The fraction of sp³-hybridized carbons (Fsp3) is 0.611. The molecule has 1 unspecified atom stereocenters. The number of piperidine rings is 1. The van der Waals surface area contributed by atoms with Gasteiger partial charge < -0.3 is 10.6 Å². The lowest BCUT2D eigenvalue weighted by Gasteiger charge is -2.40. The van der Waals surface area contributed by atoms with E-state index in [9.17, 15) is 4.79 Å². The number of amides is 1. The summed E-state index contributed by atoms with van der Waals surface area (Å²) in [5.74, 6) is 0.0908. The molecule has 1 amide bonds. The maximum atomic E-state index is 12.1. The van der Waals surface area contributed by atoms with Crippen LogP contribution in [0.2, 0.25) is 0 Å². The molecule has 1 aliphatic rings. The highest BCUT2D eigenvalue weighted by molar-refractivity contribution is 5.78. The van der Waals surface area contributed by atoms with E-state index in [2.05, 4.69) is 43.0 Å². The van der Waals surface area contributed by atoms with E-state index in [1.807, 2.05) is 11.0 Å². The fourth-order valence-electron chi connectivity index (χ4n) is 3.18. The largest absolute Gasteiger partial charge is 0.337 e. The Hall–Kier alpha value is -1.39. The second-order valence-electron chi connectivity index (χ2n) is 6.45. The Kier molecular flexibility index (Phi) is 6.40. The normalized spacial score (nSPS) is 19.0. The van der Waals surface area contributed by atoms with Gasteiger partial charge in [-0.3, -0.25) is 9.69 Å². The standard InChI is InChI=1S/C18H29N3O/c1-15(2)20(13-16-8-4-3-5-9-16)14-17-10-6-7-11-21(17)18(22)12-19/h3-5,8-9,15,17H,6-7,10-14,19H2,1-2H3. The molecule has 0 radical (unpaired) electrons. The number of carbonyl (C=O) groups is 1. The monoisotopic (exact) mass is 303 g/mol. The third-order valence-electron chi connectivity index (χ3n) is 4.53. The molecule has 1 saturated heterocycles. The minimum atomic E-state index is 0.0908. The van der Waals surface area contributed by atoms with Gasteiger partial charge in [0, 0.05) is 31.7 Å². The van der Waals surface area contributed by atoms with Crippen LogP contribution >= 0.6 is 0 Å². The Balaban J connectivity index is 2.04. The summed E-state index contributed by atoms with van der Waals surface area (Å²) in [6, 6.07) is 11.3. The third kappa shape index (κ3) is 4.55. The van der Waals surface area contributed by atoms with Crippen LogP contribution < -0.4 is 5.73 Å². The molecule has 0 saturated carbocycles. The summed E-state index contributed by atoms with van der Waals surface area (Å²) >= 11 is 0. The maximum Gasteiger partial charge on any atom is 0.236 e. The van der Waals surface area contributed by atoms with E-state index in [4.69, 9.17) is 5.73 Å². The first kappa shape index (κ1) is 17.0. The summed E-state index contributed by atoms with van der Waals surface area (Å²) in [6.07, 6.45) is 3.39. The number of nitrogens with two attached hydrogens (primary N) is 1. The zero-order valence-electron chi connectivity index (χ0n) is 13.9. The van der Waals surface area contributed by atoms with Crippen molar-refractivity contribution in [1.29, 1.82) is 0 Å². The molecule has 0 aromatic heterocycles. The van der Waals surface area contributed by atoms with Crippen molar-refractivity contribution in [1.82, 2.24) is 9.80 Å². The second-order valence-corrected chi connectivity index (χ2v) is 6.45. The Morgan fingerprint density at radius 1 is 1.32 bits per heavy atom. The van der Waals surface area contributed by atoms with Gasteiger partial charge in [0.05, 0.1) is 6.54 Å². The van der Waals surface area contributed by atoms with Crippen LogP contribution in [-0.4, -0.2) is 47.4 Å². The molecule has 2 N–H and O–H groups in total. The van der Waals surface area contributed by atoms with Crippen LogP contribution in [0.4, 0.5) is 0 Å². The van der Waals surface area contributed by atoms with Crippen LogP contribution in [-0.2, 0) is 11.3 Å². The summed E-state index contributed by atoms with van der Waals surface area (Å²) < 4.78 is 0. The van der Waals surface area contributed by atoms with Gasteiger partial charge in [0.25, 0.3) is 0 Å². The fourth-order valence-corrected chi connectivity index (χ4v) is 3.18. The first-order chi connectivity index (χ1) is 10.6. The summed E-state index contributed by atoms with van der Waals surface area (Å²) in [5, 5.41) is 0. The SMILES string of the molecule is CC(C)N(Cc1ccccc1)CC1CCCCN1C(=O)CN. The van der Waals surface area contributed by atoms with Gasteiger partial charge in [-0.1, -0.05) is 30.3 Å². The van der Waals surface area contributed by atoms with Gasteiger partial charge in [-0.2, -0.15) is 0 Å². The van der Waals surface area contributed by atoms with Crippen molar-refractivity contribution in [3.63, 3.8) is 0 Å². The molecule has 1 aliphatic heterocycles. The van der Waals surface area contributed by atoms with Crippen molar-refractivity contribution in [3.05, 3.63) is 35.9 Å². The zero-order valence-corrected chi connectivity index (χ0v) is 13.9. The Bertz CT molecular complexity index is 461. The predicted octanol–water partition coefficient (Wildman–Crippen LogP) is 2.24. The Morgan fingerprint density at radius 3 is 2.68 bits per heavy atom. The number of hydrogen-bond donors (Lipinski definition) is 1. The highest BCUT2D eigenvalue weighted by Crippen LogP contribution is 2.20. The summed E-state index contributed by atoms with van der Waals surface area (Å²) in [4.78, 5) is 16.5. The summed E-state index contributed by atoms with van der Waals surface area (Å²) in [6.45, 7) is 7.29. The molecule has 0 bridgehead atoms. The van der Waals surface area contributed by atoms with Crippen molar-refractivity contribution in [2.75, 3.05) is 19.6 Å². The molecule has 22 heavy (non-hydrogen) atoms. The van der Waals surface area contributed by atoms with Crippen LogP contribution in [0.3, 0.4) is 0 Å². The van der Waals surface area contributed by atoms with E-state index >= 15 is 0 Å². The molecule has 1 fully saturated rings. The van der Waals surface area contributed by atoms with Crippen LogP contribution in [0.1, 0.15) is 38.7 Å². The van der Waals surface area contributed by atoms with Crippen molar-refractivity contribution in [3.8, 4) is 0 Å². The second kappa shape index (κ2) is 8.30. The highest BCUT2D eigenvalue weighted by Gasteiger charge is 2.28. The van der Waals surface area contributed by atoms with Crippen LogP contribution in [0.15, 0.2) is 30.3 Å². The minimum absolute atomic E-state index is 0.0908. The van der Waals surface area contributed by atoms with Gasteiger partial charge in [0.2, 0.25) is 5.91 Å². The summed E-state index contributed by atoms with van der Waals surface area (Å²) in [7, 11) is 0. The molecule has 4 heteroatoms. The van der Waals surface area contributed by atoms with Gasteiger partial charge in [0.15, 0.2) is 0 Å². The molecule has 0 aliphatic carbocycles. The minimum Gasteiger partial charge on any atom is -0.337 e. The van der Waals surface area contributed by atoms with Crippen molar-refractivity contribution >= 4 is 5.91 Å². The number of benzene rings is 1. The van der Waals surface area contributed by atoms with Crippen molar-refractivity contribution < 1.29 is 4.79 Å². The topological polar surface area (TPSA) is 49.6 Å². The van der Waals surface area contributed by atoms with Gasteiger partial charge in [-0.25, -0.2) is 0 Å². The quantitative estimate of drug-likeness (QED) is 0.877. The Labute approximate surface area is 134 Å². The molecular weight excluding hydrogens is 274 g/mol. The lowest BCUT2D eigenvalue weighted by atomic mass is 10.0. The van der Waals surface area contributed by atoms with Crippen molar-refractivity contribution in [2.45, 2.75) is 51.7 Å². The molecular formula is C18H29N3O. The number of nitrogens with zero attached hydrogens (tertiary/aromatic N) is 2. The Morgan fingerprint density at radius 2 is 2.05 bits per heavy atom. The van der Waals surface area contributed by atoms with Gasteiger partial charge in [-0.15, -0.1) is 0 Å². The predicted molar refractivity (Wildman–Crippen MR) is 90.4 cm³/mol. The average molecular weight is 303 g/mol. The number of hydrogen-bond acceptors (Lipinski definition) is 3. The number of carbonyl (C=O) groups excluding carboxylic acids is 1. The zero-order chi connectivity index (χ0) is 15.9. The highest BCUT2D eigenvalue weighted by atomic mass is 16.2. The van der Waals surface area contributed by atoms with Crippen LogP contribution in [0.5, 0.6) is 0 Å². The average Bonchev–Trinajstić information content (AvgIpc) is 2.55. The van der Waals surface area contributed by atoms with Gasteiger partial charge >= 0.3 is 0 Å².